The third-order valence-corrected chi connectivity index (χ3v) is 4.27. The van der Waals surface area contributed by atoms with Crippen molar-refractivity contribution in [1.82, 2.24) is 4.90 Å². The molecule has 0 aromatic carbocycles. The lowest BCUT2D eigenvalue weighted by Gasteiger charge is -2.39. The Hall–Kier alpha value is -0.360. The van der Waals surface area contributed by atoms with Crippen molar-refractivity contribution in [3.8, 4) is 0 Å². The van der Waals surface area contributed by atoms with Crippen LogP contribution in [-0.4, -0.2) is 55.9 Å². The number of ether oxygens (including phenoxy) is 2. The summed E-state index contributed by atoms with van der Waals surface area (Å²) < 4.78 is 11.0. The standard InChI is InChI=1S/C14H26N2O3.ClH/c1-18-12-5-6-16(11(8-12)10-15)14(17)9-13-4-2-3-7-19-13;/h11-13H,2-10,15H2,1H3;1H. The second kappa shape index (κ2) is 8.82. The minimum Gasteiger partial charge on any atom is -0.381 e. The number of halogens is 1. The molecule has 0 bridgehead atoms. The summed E-state index contributed by atoms with van der Waals surface area (Å²) in [6.07, 6.45) is 5.92. The number of hydrogen-bond acceptors (Lipinski definition) is 4. The summed E-state index contributed by atoms with van der Waals surface area (Å²) in [6, 6.07) is 0.120. The highest BCUT2D eigenvalue weighted by molar-refractivity contribution is 5.85. The highest BCUT2D eigenvalue weighted by Crippen LogP contribution is 2.22. The van der Waals surface area contributed by atoms with Crippen molar-refractivity contribution in [3.05, 3.63) is 0 Å². The summed E-state index contributed by atoms with van der Waals surface area (Å²) in [5.74, 6) is 0.192. The van der Waals surface area contributed by atoms with E-state index in [1.807, 2.05) is 4.90 Å². The molecule has 2 aliphatic rings. The van der Waals surface area contributed by atoms with Gasteiger partial charge in [-0.3, -0.25) is 4.79 Å². The summed E-state index contributed by atoms with van der Waals surface area (Å²) in [7, 11) is 1.73. The van der Waals surface area contributed by atoms with Crippen LogP contribution < -0.4 is 5.73 Å². The number of amides is 1. The van der Waals surface area contributed by atoms with E-state index in [1.54, 1.807) is 7.11 Å². The average Bonchev–Trinajstić information content (AvgIpc) is 2.47. The topological polar surface area (TPSA) is 64.8 Å². The molecule has 2 saturated heterocycles. The number of likely N-dealkylation sites (tertiary alicyclic amines) is 1. The van der Waals surface area contributed by atoms with Crippen LogP contribution in [0.15, 0.2) is 0 Å². The lowest BCUT2D eigenvalue weighted by molar-refractivity contribution is -0.140. The van der Waals surface area contributed by atoms with Crippen LogP contribution in [0.2, 0.25) is 0 Å². The van der Waals surface area contributed by atoms with Gasteiger partial charge in [0, 0.05) is 32.8 Å². The first-order chi connectivity index (χ1) is 9.24. The van der Waals surface area contributed by atoms with E-state index in [1.165, 1.54) is 6.42 Å². The van der Waals surface area contributed by atoms with E-state index >= 15 is 0 Å². The van der Waals surface area contributed by atoms with Crippen molar-refractivity contribution in [1.29, 1.82) is 0 Å². The Morgan fingerprint density at radius 3 is 2.80 bits per heavy atom. The quantitative estimate of drug-likeness (QED) is 0.851. The van der Waals surface area contributed by atoms with Crippen molar-refractivity contribution < 1.29 is 14.3 Å². The molecule has 3 unspecified atom stereocenters. The maximum absolute atomic E-state index is 12.4. The summed E-state index contributed by atoms with van der Waals surface area (Å²) >= 11 is 0. The molecule has 0 aromatic heterocycles. The third-order valence-electron chi connectivity index (χ3n) is 4.27. The molecule has 0 aliphatic carbocycles. The maximum atomic E-state index is 12.4. The molecule has 2 N–H and O–H groups in total. The van der Waals surface area contributed by atoms with Crippen molar-refractivity contribution in [2.75, 3.05) is 26.8 Å². The molecule has 2 heterocycles. The molecular weight excluding hydrogens is 280 g/mol. The van der Waals surface area contributed by atoms with E-state index < -0.39 is 0 Å². The van der Waals surface area contributed by atoms with Crippen molar-refractivity contribution in [2.24, 2.45) is 5.73 Å². The lowest BCUT2D eigenvalue weighted by atomic mass is 9.97. The van der Waals surface area contributed by atoms with Gasteiger partial charge in [0.1, 0.15) is 0 Å². The van der Waals surface area contributed by atoms with Crippen LogP contribution in [0.25, 0.3) is 0 Å². The first kappa shape index (κ1) is 17.7. The van der Waals surface area contributed by atoms with E-state index in [2.05, 4.69) is 0 Å². The normalized spacial score (nSPS) is 30.7. The molecule has 0 aromatic rings. The van der Waals surface area contributed by atoms with Crippen LogP contribution in [0.5, 0.6) is 0 Å². The summed E-state index contributed by atoms with van der Waals surface area (Å²) in [5, 5.41) is 0. The molecule has 0 radical (unpaired) electrons. The maximum Gasteiger partial charge on any atom is 0.225 e. The summed E-state index contributed by atoms with van der Waals surface area (Å²) in [6.45, 7) is 2.06. The Balaban J connectivity index is 0.00000200. The molecule has 6 heteroatoms. The van der Waals surface area contributed by atoms with Gasteiger partial charge in [0.15, 0.2) is 0 Å². The van der Waals surface area contributed by atoms with Gasteiger partial charge in [0.2, 0.25) is 5.91 Å². The van der Waals surface area contributed by atoms with Gasteiger partial charge in [-0.2, -0.15) is 0 Å². The molecule has 2 rings (SSSR count). The lowest BCUT2D eigenvalue weighted by Crippen LogP contribution is -2.51. The van der Waals surface area contributed by atoms with Crippen molar-refractivity contribution >= 4 is 18.3 Å². The number of nitrogens with two attached hydrogens (primary N) is 1. The van der Waals surface area contributed by atoms with E-state index in [9.17, 15) is 4.79 Å². The highest BCUT2D eigenvalue weighted by Gasteiger charge is 2.32. The summed E-state index contributed by atoms with van der Waals surface area (Å²) in [5.41, 5.74) is 5.80. The Labute approximate surface area is 127 Å². The van der Waals surface area contributed by atoms with Crippen LogP contribution in [0.4, 0.5) is 0 Å². The molecule has 0 spiro atoms. The number of methoxy groups -OCH3 is 1. The van der Waals surface area contributed by atoms with E-state index in [0.29, 0.717) is 13.0 Å². The number of piperidine rings is 1. The molecule has 0 saturated carbocycles. The Kier molecular flexibility index (Phi) is 7.80. The molecular formula is C14H27ClN2O3. The Morgan fingerprint density at radius 1 is 1.40 bits per heavy atom. The molecule has 2 aliphatic heterocycles. The number of rotatable bonds is 4. The van der Waals surface area contributed by atoms with Crippen LogP contribution >= 0.6 is 12.4 Å². The molecule has 2 fully saturated rings. The van der Waals surface area contributed by atoms with Gasteiger partial charge in [0.05, 0.1) is 18.6 Å². The summed E-state index contributed by atoms with van der Waals surface area (Å²) in [4.78, 5) is 14.3. The van der Waals surface area contributed by atoms with Gasteiger partial charge in [0.25, 0.3) is 0 Å². The Bertz CT molecular complexity index is 298. The fourth-order valence-corrected chi connectivity index (χ4v) is 3.06. The van der Waals surface area contributed by atoms with Crippen molar-refractivity contribution in [2.45, 2.75) is 56.8 Å². The number of hydrogen-bond donors (Lipinski definition) is 1. The zero-order chi connectivity index (χ0) is 13.7. The average molecular weight is 307 g/mol. The van der Waals surface area contributed by atoms with Crippen molar-refractivity contribution in [3.63, 3.8) is 0 Å². The second-order valence-electron chi connectivity index (χ2n) is 5.55. The number of carbonyl (C=O) groups excluding carboxylic acids is 1. The first-order valence-electron chi connectivity index (χ1n) is 7.38. The Morgan fingerprint density at radius 2 is 2.20 bits per heavy atom. The zero-order valence-corrected chi connectivity index (χ0v) is 13.1. The smallest absolute Gasteiger partial charge is 0.225 e. The minimum absolute atomic E-state index is 0. The van der Waals surface area contributed by atoms with Crippen LogP contribution in [0.1, 0.15) is 38.5 Å². The first-order valence-corrected chi connectivity index (χ1v) is 7.38. The van der Waals surface area contributed by atoms with E-state index in [-0.39, 0.29) is 36.6 Å². The van der Waals surface area contributed by atoms with Gasteiger partial charge in [-0.05, 0) is 32.1 Å². The predicted octanol–water partition coefficient (Wildman–Crippen LogP) is 1.33. The largest absolute Gasteiger partial charge is 0.381 e. The second-order valence-corrected chi connectivity index (χ2v) is 5.55. The van der Waals surface area contributed by atoms with Gasteiger partial charge in [-0.1, -0.05) is 0 Å². The van der Waals surface area contributed by atoms with Gasteiger partial charge in [-0.25, -0.2) is 0 Å². The fraction of sp³-hybridized carbons (Fsp3) is 0.929. The molecule has 20 heavy (non-hydrogen) atoms. The van der Waals surface area contributed by atoms with Crippen LogP contribution in [0, 0.1) is 0 Å². The third kappa shape index (κ3) is 4.58. The number of nitrogens with zero attached hydrogens (tertiary/aromatic N) is 1. The monoisotopic (exact) mass is 306 g/mol. The van der Waals surface area contributed by atoms with E-state index in [0.717, 1.165) is 38.8 Å². The SMILES string of the molecule is COC1CCN(C(=O)CC2CCCCO2)C(CN)C1.Cl. The van der Waals surface area contributed by atoms with Gasteiger partial charge in [-0.15, -0.1) is 12.4 Å². The van der Waals surface area contributed by atoms with Crippen LogP contribution in [-0.2, 0) is 14.3 Å². The number of carbonyl (C=O) groups is 1. The predicted molar refractivity (Wildman–Crippen MR) is 80.0 cm³/mol. The molecule has 5 nitrogen and oxygen atoms in total. The molecule has 118 valence electrons. The molecule has 1 amide bonds. The van der Waals surface area contributed by atoms with Crippen LogP contribution in [0.3, 0.4) is 0 Å². The molecule has 3 atom stereocenters. The zero-order valence-electron chi connectivity index (χ0n) is 12.3. The van der Waals surface area contributed by atoms with E-state index in [4.69, 9.17) is 15.2 Å². The van der Waals surface area contributed by atoms with Gasteiger partial charge >= 0.3 is 0 Å². The minimum atomic E-state index is 0. The highest BCUT2D eigenvalue weighted by atomic mass is 35.5. The van der Waals surface area contributed by atoms with Gasteiger partial charge < -0.3 is 20.1 Å². The fourth-order valence-electron chi connectivity index (χ4n) is 3.06.